The van der Waals surface area contributed by atoms with Gasteiger partial charge in [0, 0.05) is 28.5 Å². The minimum atomic E-state index is 0.151. The summed E-state index contributed by atoms with van der Waals surface area (Å²) < 4.78 is 5.63. The van der Waals surface area contributed by atoms with Crippen molar-refractivity contribution in [2.75, 3.05) is 7.11 Å². The number of hydrogen-bond donors (Lipinski definition) is 1. The van der Waals surface area contributed by atoms with Gasteiger partial charge in [0.15, 0.2) is 0 Å². The number of phenols is 1. The molecule has 0 aliphatic heterocycles. The minimum Gasteiger partial charge on any atom is -0.507 e. The standard InChI is InChI=1S/C32H35NO2/c1-20-11-25(31(34)28(12-20)32-16-22-13-23(17-32)15-24(14-22)18-32)19-33-30-21(2)7-6-9-27(30)26-8-4-5-10-29(26)35-3/h4-12,19,22-24,34H,13-18H2,1-3H3. The fourth-order valence-electron chi connectivity index (χ4n) is 7.80. The van der Waals surface area contributed by atoms with Crippen LogP contribution in [0.25, 0.3) is 11.1 Å². The Balaban J connectivity index is 1.41. The predicted octanol–water partition coefficient (Wildman–Crippen LogP) is 7.90. The van der Waals surface area contributed by atoms with Gasteiger partial charge in [-0.2, -0.15) is 0 Å². The number of aliphatic imine (C=N–C) groups is 1. The van der Waals surface area contributed by atoms with Gasteiger partial charge < -0.3 is 9.84 Å². The third-order valence-corrected chi connectivity index (χ3v) is 8.86. The van der Waals surface area contributed by atoms with E-state index in [0.29, 0.717) is 5.75 Å². The number of aryl methyl sites for hydroxylation is 2. The van der Waals surface area contributed by atoms with E-state index in [1.165, 1.54) is 49.7 Å². The van der Waals surface area contributed by atoms with Gasteiger partial charge in [0.2, 0.25) is 0 Å². The van der Waals surface area contributed by atoms with Crippen molar-refractivity contribution in [2.24, 2.45) is 22.7 Å². The zero-order chi connectivity index (χ0) is 24.2. The van der Waals surface area contributed by atoms with Crippen LogP contribution >= 0.6 is 0 Å². The van der Waals surface area contributed by atoms with Gasteiger partial charge in [-0.05, 0) is 98.8 Å². The zero-order valence-electron chi connectivity index (χ0n) is 21.1. The Hall–Kier alpha value is -3.07. The van der Waals surface area contributed by atoms with E-state index in [2.05, 4.69) is 50.2 Å². The maximum atomic E-state index is 11.6. The highest BCUT2D eigenvalue weighted by Crippen LogP contribution is 2.62. The Morgan fingerprint density at radius 1 is 0.886 bits per heavy atom. The van der Waals surface area contributed by atoms with Crippen LogP contribution in [0.15, 0.2) is 59.6 Å². The van der Waals surface area contributed by atoms with Crippen LogP contribution in [0.1, 0.15) is 60.8 Å². The van der Waals surface area contributed by atoms with E-state index < -0.39 is 0 Å². The van der Waals surface area contributed by atoms with Gasteiger partial charge in [-0.1, -0.05) is 42.5 Å². The first-order valence-electron chi connectivity index (χ1n) is 13.1. The highest BCUT2D eigenvalue weighted by molar-refractivity contribution is 5.90. The molecule has 0 radical (unpaired) electrons. The predicted molar refractivity (Wildman–Crippen MR) is 143 cm³/mol. The molecule has 3 heteroatoms. The Labute approximate surface area is 208 Å². The number of aromatic hydroxyl groups is 1. The fourth-order valence-corrected chi connectivity index (χ4v) is 7.80. The van der Waals surface area contributed by atoms with Crippen LogP contribution < -0.4 is 4.74 Å². The molecule has 0 heterocycles. The van der Waals surface area contributed by atoms with E-state index in [9.17, 15) is 5.11 Å². The van der Waals surface area contributed by atoms with Gasteiger partial charge in [-0.15, -0.1) is 0 Å². The molecule has 0 aromatic heterocycles. The number of phenolic OH excluding ortho intramolecular Hbond substituents is 1. The van der Waals surface area contributed by atoms with Crippen molar-refractivity contribution in [3.63, 3.8) is 0 Å². The second-order valence-corrected chi connectivity index (χ2v) is 11.4. The van der Waals surface area contributed by atoms with Gasteiger partial charge in [0.1, 0.15) is 11.5 Å². The molecule has 4 bridgehead atoms. The Morgan fingerprint density at radius 2 is 1.54 bits per heavy atom. The molecule has 1 N–H and O–H groups in total. The quantitative estimate of drug-likeness (QED) is 0.389. The van der Waals surface area contributed by atoms with Crippen LogP contribution in [0.2, 0.25) is 0 Å². The van der Waals surface area contributed by atoms with Gasteiger partial charge in [0.25, 0.3) is 0 Å². The maximum Gasteiger partial charge on any atom is 0.128 e. The summed E-state index contributed by atoms with van der Waals surface area (Å²) in [5.74, 6) is 3.79. The molecular weight excluding hydrogens is 430 g/mol. The van der Waals surface area contributed by atoms with Gasteiger partial charge in [0.05, 0.1) is 12.8 Å². The van der Waals surface area contributed by atoms with Gasteiger partial charge in [-0.25, -0.2) is 0 Å². The Bertz CT molecular complexity index is 1270. The molecule has 0 amide bonds. The van der Waals surface area contributed by atoms with Crippen molar-refractivity contribution in [1.29, 1.82) is 0 Å². The molecule has 4 saturated carbocycles. The summed E-state index contributed by atoms with van der Waals surface area (Å²) in [6, 6.07) is 18.6. The molecule has 3 aromatic carbocycles. The maximum absolute atomic E-state index is 11.6. The molecule has 3 aromatic rings. The van der Waals surface area contributed by atoms with Crippen molar-refractivity contribution >= 4 is 11.9 Å². The van der Waals surface area contributed by atoms with E-state index in [0.717, 1.165) is 51.4 Å². The molecular formula is C32H35NO2. The number of rotatable bonds is 5. The van der Waals surface area contributed by atoms with Gasteiger partial charge in [-0.3, -0.25) is 4.99 Å². The van der Waals surface area contributed by atoms with Crippen molar-refractivity contribution < 1.29 is 9.84 Å². The average Bonchev–Trinajstić information content (AvgIpc) is 2.84. The molecule has 0 atom stereocenters. The van der Waals surface area contributed by atoms with Crippen LogP contribution in [-0.2, 0) is 5.41 Å². The summed E-state index contributed by atoms with van der Waals surface area (Å²) >= 11 is 0. The monoisotopic (exact) mass is 465 g/mol. The molecule has 4 aliphatic rings. The van der Waals surface area contributed by atoms with E-state index in [1.54, 1.807) is 7.11 Å². The third-order valence-electron chi connectivity index (χ3n) is 8.86. The second kappa shape index (κ2) is 8.55. The molecule has 0 saturated heterocycles. The van der Waals surface area contributed by atoms with Crippen molar-refractivity contribution in [2.45, 2.75) is 57.8 Å². The fraction of sp³-hybridized carbons (Fsp3) is 0.406. The first-order valence-corrected chi connectivity index (χ1v) is 13.1. The molecule has 3 nitrogen and oxygen atoms in total. The highest BCUT2D eigenvalue weighted by atomic mass is 16.5. The minimum absolute atomic E-state index is 0.151. The number of para-hydroxylation sites is 2. The number of benzene rings is 3. The van der Waals surface area contributed by atoms with Crippen LogP contribution in [0.4, 0.5) is 5.69 Å². The summed E-state index contributed by atoms with van der Waals surface area (Å²) in [4.78, 5) is 4.98. The lowest BCUT2D eigenvalue weighted by Crippen LogP contribution is -2.48. The molecule has 4 fully saturated rings. The number of methoxy groups -OCH3 is 1. The number of ether oxygens (including phenoxy) is 1. The number of hydrogen-bond acceptors (Lipinski definition) is 3. The lowest BCUT2D eigenvalue weighted by molar-refractivity contribution is -0.00616. The third kappa shape index (κ3) is 3.86. The van der Waals surface area contributed by atoms with Crippen LogP contribution in [0.5, 0.6) is 11.5 Å². The number of nitrogens with zero attached hydrogens (tertiary/aromatic N) is 1. The summed E-state index contributed by atoms with van der Waals surface area (Å²) in [5.41, 5.74) is 7.41. The van der Waals surface area contributed by atoms with Crippen molar-refractivity contribution in [3.05, 3.63) is 76.9 Å². The lowest BCUT2D eigenvalue weighted by Gasteiger charge is -2.57. The topological polar surface area (TPSA) is 41.8 Å². The largest absolute Gasteiger partial charge is 0.507 e. The summed E-state index contributed by atoms with van der Waals surface area (Å²) in [6.45, 7) is 4.23. The average molecular weight is 466 g/mol. The SMILES string of the molecule is COc1ccccc1-c1cccc(C)c1N=Cc1cc(C)cc(C23CC4CC(CC(C4)C2)C3)c1O. The van der Waals surface area contributed by atoms with Crippen LogP contribution in [-0.4, -0.2) is 18.4 Å². The van der Waals surface area contributed by atoms with Crippen LogP contribution in [0, 0.1) is 31.6 Å². The highest BCUT2D eigenvalue weighted by Gasteiger charge is 2.52. The first-order chi connectivity index (χ1) is 17.0. The smallest absolute Gasteiger partial charge is 0.128 e. The molecule has 180 valence electrons. The summed E-state index contributed by atoms with van der Waals surface area (Å²) in [6.07, 6.45) is 9.79. The lowest BCUT2D eigenvalue weighted by atomic mass is 9.48. The summed E-state index contributed by atoms with van der Waals surface area (Å²) in [5, 5.41) is 11.6. The summed E-state index contributed by atoms with van der Waals surface area (Å²) in [7, 11) is 1.70. The molecule has 35 heavy (non-hydrogen) atoms. The second-order valence-electron chi connectivity index (χ2n) is 11.4. The van der Waals surface area contributed by atoms with Crippen LogP contribution in [0.3, 0.4) is 0 Å². The normalized spacial score (nSPS) is 27.0. The first kappa shape index (κ1) is 22.4. The molecule has 0 unspecified atom stereocenters. The Kier molecular flexibility index (Phi) is 5.47. The molecule has 7 rings (SSSR count). The Morgan fingerprint density at radius 3 is 2.23 bits per heavy atom. The van der Waals surface area contributed by atoms with Crippen molar-refractivity contribution in [1.82, 2.24) is 0 Å². The van der Waals surface area contributed by atoms with E-state index in [-0.39, 0.29) is 5.41 Å². The zero-order valence-corrected chi connectivity index (χ0v) is 21.1. The van der Waals surface area contributed by atoms with E-state index in [4.69, 9.17) is 9.73 Å². The molecule has 4 aliphatic carbocycles. The van der Waals surface area contributed by atoms with E-state index in [1.807, 2.05) is 24.4 Å². The van der Waals surface area contributed by atoms with Crippen molar-refractivity contribution in [3.8, 4) is 22.6 Å². The molecule has 0 spiro atoms. The van der Waals surface area contributed by atoms with E-state index >= 15 is 0 Å². The van der Waals surface area contributed by atoms with Gasteiger partial charge >= 0.3 is 0 Å².